The summed E-state index contributed by atoms with van der Waals surface area (Å²) in [6.45, 7) is 9.50. The lowest BCUT2D eigenvalue weighted by molar-refractivity contribution is -0.914. The molecule has 6 nitrogen and oxygen atoms in total. The van der Waals surface area contributed by atoms with Crippen molar-refractivity contribution in [3.8, 4) is 0 Å². The number of hydrogen-bond donors (Lipinski definition) is 1. The summed E-state index contributed by atoms with van der Waals surface area (Å²) in [5.74, 6) is 2.83. The lowest BCUT2D eigenvalue weighted by Crippen LogP contribution is -3.13. The van der Waals surface area contributed by atoms with Gasteiger partial charge in [-0.25, -0.2) is 9.97 Å². The van der Waals surface area contributed by atoms with Gasteiger partial charge in [0.2, 0.25) is 0 Å². The van der Waals surface area contributed by atoms with Gasteiger partial charge >= 0.3 is 0 Å². The van der Waals surface area contributed by atoms with Gasteiger partial charge in [-0.05, 0) is 37.7 Å². The lowest BCUT2D eigenvalue weighted by Gasteiger charge is -2.33. The zero-order valence-corrected chi connectivity index (χ0v) is 16.8. The van der Waals surface area contributed by atoms with Gasteiger partial charge in [0, 0.05) is 10.9 Å². The predicted octanol–water partition coefficient (Wildman–Crippen LogP) is 2.02. The molecule has 1 fully saturated rings. The SMILES string of the molecule is Cc1cc(C[NH+]2CCN(c3ncnc4sc5c(c34)CC[C@@H](C)C5)CC2)no1. The molecule has 0 amide bonds. The van der Waals surface area contributed by atoms with Crippen molar-refractivity contribution in [1.29, 1.82) is 0 Å². The van der Waals surface area contributed by atoms with Gasteiger partial charge in [-0.2, -0.15) is 0 Å². The second-order valence-electron chi connectivity index (χ2n) is 8.07. The Morgan fingerprint density at radius 3 is 2.93 bits per heavy atom. The average molecular weight is 385 g/mol. The number of piperazine rings is 1. The van der Waals surface area contributed by atoms with Crippen LogP contribution in [-0.4, -0.2) is 41.3 Å². The first kappa shape index (κ1) is 17.1. The van der Waals surface area contributed by atoms with Crippen LogP contribution in [0.5, 0.6) is 0 Å². The molecule has 1 atom stereocenters. The molecule has 1 aliphatic carbocycles. The van der Waals surface area contributed by atoms with E-state index in [2.05, 4.69) is 22.0 Å². The van der Waals surface area contributed by atoms with Gasteiger partial charge < -0.3 is 14.3 Å². The minimum Gasteiger partial charge on any atom is -0.361 e. The van der Waals surface area contributed by atoms with Crippen molar-refractivity contribution >= 4 is 27.4 Å². The van der Waals surface area contributed by atoms with E-state index in [4.69, 9.17) is 9.51 Å². The van der Waals surface area contributed by atoms with Gasteiger partial charge in [-0.3, -0.25) is 0 Å². The topological polar surface area (TPSA) is 59.5 Å². The standard InChI is InChI=1S/C20H25N5OS/c1-13-3-4-16-17(9-13)27-20-18(16)19(21-12-22-20)25-7-5-24(6-8-25)11-15-10-14(2)26-23-15/h10,12-13H,3-9,11H2,1-2H3/p+1/t13-/m1/s1. The second kappa shape index (κ2) is 6.87. The highest BCUT2D eigenvalue weighted by molar-refractivity contribution is 7.19. The molecule has 0 radical (unpaired) electrons. The van der Waals surface area contributed by atoms with Gasteiger partial charge in [0.1, 0.15) is 35.0 Å². The summed E-state index contributed by atoms with van der Waals surface area (Å²) in [6.07, 6.45) is 5.40. The van der Waals surface area contributed by atoms with Crippen molar-refractivity contribution in [2.75, 3.05) is 31.1 Å². The summed E-state index contributed by atoms with van der Waals surface area (Å²) in [6, 6.07) is 2.05. The minimum absolute atomic E-state index is 0.786. The van der Waals surface area contributed by atoms with Crippen LogP contribution in [0.2, 0.25) is 0 Å². The number of thiophene rings is 1. The third-order valence-corrected chi connectivity index (χ3v) is 7.11. The van der Waals surface area contributed by atoms with Crippen LogP contribution in [0.25, 0.3) is 10.2 Å². The van der Waals surface area contributed by atoms with E-state index in [9.17, 15) is 0 Å². The van der Waals surface area contributed by atoms with Crippen molar-refractivity contribution in [3.63, 3.8) is 0 Å². The van der Waals surface area contributed by atoms with Gasteiger partial charge in [0.25, 0.3) is 0 Å². The molecule has 3 aromatic heterocycles. The third-order valence-electron chi connectivity index (χ3n) is 5.95. The molecule has 1 aliphatic heterocycles. The molecule has 7 heteroatoms. The zero-order chi connectivity index (χ0) is 18.4. The minimum atomic E-state index is 0.786. The van der Waals surface area contributed by atoms with Crippen molar-refractivity contribution in [2.45, 2.75) is 39.7 Å². The molecule has 0 spiro atoms. The number of nitrogens with zero attached hydrogens (tertiary/aromatic N) is 4. The fourth-order valence-electron chi connectivity index (χ4n) is 4.47. The van der Waals surface area contributed by atoms with E-state index in [1.807, 2.05) is 24.3 Å². The highest BCUT2D eigenvalue weighted by Crippen LogP contribution is 2.40. The number of quaternary nitrogens is 1. The molecular weight excluding hydrogens is 358 g/mol. The van der Waals surface area contributed by atoms with Gasteiger partial charge in [0.05, 0.1) is 31.6 Å². The number of rotatable bonds is 3. The monoisotopic (exact) mass is 384 g/mol. The molecule has 1 N–H and O–H groups in total. The fraction of sp³-hybridized carbons (Fsp3) is 0.550. The molecule has 0 bridgehead atoms. The maximum absolute atomic E-state index is 5.21. The van der Waals surface area contributed by atoms with E-state index in [0.29, 0.717) is 0 Å². The molecule has 3 aromatic rings. The van der Waals surface area contributed by atoms with E-state index in [1.54, 1.807) is 11.2 Å². The highest BCUT2D eigenvalue weighted by Gasteiger charge is 2.27. The molecule has 2 aliphatic rings. The second-order valence-corrected chi connectivity index (χ2v) is 9.16. The van der Waals surface area contributed by atoms with Crippen LogP contribution in [0.4, 0.5) is 5.82 Å². The van der Waals surface area contributed by atoms with E-state index >= 15 is 0 Å². The maximum atomic E-state index is 5.21. The van der Waals surface area contributed by atoms with Crippen LogP contribution < -0.4 is 9.80 Å². The Labute approximate surface area is 163 Å². The summed E-state index contributed by atoms with van der Waals surface area (Å²) in [4.78, 5) is 16.1. The number of aryl methyl sites for hydroxylation is 2. The third kappa shape index (κ3) is 3.23. The molecule has 0 unspecified atom stereocenters. The maximum Gasteiger partial charge on any atom is 0.141 e. The fourth-order valence-corrected chi connectivity index (χ4v) is 5.81. The van der Waals surface area contributed by atoms with Crippen LogP contribution in [0, 0.1) is 12.8 Å². The van der Waals surface area contributed by atoms with Gasteiger partial charge in [-0.1, -0.05) is 12.1 Å². The average Bonchev–Trinajstić information content (AvgIpc) is 3.24. The number of fused-ring (bicyclic) bond motifs is 3. The molecule has 5 rings (SSSR count). The Kier molecular flexibility index (Phi) is 4.36. The van der Waals surface area contributed by atoms with Crippen molar-refractivity contribution in [3.05, 3.63) is 34.3 Å². The summed E-state index contributed by atoms with van der Waals surface area (Å²) >= 11 is 1.88. The zero-order valence-electron chi connectivity index (χ0n) is 16.0. The Morgan fingerprint density at radius 1 is 1.30 bits per heavy atom. The number of hydrogen-bond acceptors (Lipinski definition) is 6. The van der Waals surface area contributed by atoms with Crippen molar-refractivity contribution in [2.24, 2.45) is 5.92 Å². The van der Waals surface area contributed by atoms with Crippen LogP contribution in [0.3, 0.4) is 0 Å². The smallest absolute Gasteiger partial charge is 0.141 e. The van der Waals surface area contributed by atoms with Crippen LogP contribution in [-0.2, 0) is 19.4 Å². The molecule has 27 heavy (non-hydrogen) atoms. The predicted molar refractivity (Wildman–Crippen MR) is 106 cm³/mol. The lowest BCUT2D eigenvalue weighted by atomic mass is 9.89. The largest absolute Gasteiger partial charge is 0.361 e. The molecule has 4 heterocycles. The Morgan fingerprint density at radius 2 is 2.15 bits per heavy atom. The Hall–Kier alpha value is -1.99. The normalized spacial score (nSPS) is 21.0. The summed E-state index contributed by atoms with van der Waals surface area (Å²) < 4.78 is 5.21. The molecular formula is C20H26N5OS+. The van der Waals surface area contributed by atoms with E-state index in [1.165, 1.54) is 39.9 Å². The summed E-state index contributed by atoms with van der Waals surface area (Å²) in [5, 5.41) is 5.48. The summed E-state index contributed by atoms with van der Waals surface area (Å²) in [7, 11) is 0. The van der Waals surface area contributed by atoms with Crippen LogP contribution in [0.15, 0.2) is 16.9 Å². The molecule has 0 aromatic carbocycles. The highest BCUT2D eigenvalue weighted by atomic mass is 32.1. The van der Waals surface area contributed by atoms with E-state index < -0.39 is 0 Å². The molecule has 142 valence electrons. The quantitative estimate of drug-likeness (QED) is 0.749. The van der Waals surface area contributed by atoms with Crippen LogP contribution in [0.1, 0.15) is 35.2 Å². The first-order valence-electron chi connectivity index (χ1n) is 9.93. The summed E-state index contributed by atoms with van der Waals surface area (Å²) in [5.41, 5.74) is 2.58. The number of anilines is 1. The van der Waals surface area contributed by atoms with Crippen LogP contribution >= 0.6 is 11.3 Å². The van der Waals surface area contributed by atoms with E-state index in [-0.39, 0.29) is 0 Å². The first-order valence-corrected chi connectivity index (χ1v) is 10.7. The number of nitrogens with one attached hydrogen (secondary N) is 1. The van der Waals surface area contributed by atoms with Crippen molar-refractivity contribution in [1.82, 2.24) is 15.1 Å². The van der Waals surface area contributed by atoms with E-state index in [0.717, 1.165) is 55.9 Å². The Bertz CT molecular complexity index is 957. The Balaban J connectivity index is 1.36. The molecule has 1 saturated heterocycles. The number of aromatic nitrogens is 3. The first-order chi connectivity index (χ1) is 13.2. The van der Waals surface area contributed by atoms with Gasteiger partial charge in [0.15, 0.2) is 0 Å². The van der Waals surface area contributed by atoms with Gasteiger partial charge in [-0.15, -0.1) is 11.3 Å². The van der Waals surface area contributed by atoms with Crippen molar-refractivity contribution < 1.29 is 9.42 Å². The molecule has 0 saturated carbocycles.